The van der Waals surface area contributed by atoms with Crippen LogP contribution in [0.4, 0.5) is 0 Å². The van der Waals surface area contributed by atoms with E-state index in [2.05, 4.69) is 30.2 Å². The van der Waals surface area contributed by atoms with Gasteiger partial charge < -0.3 is 14.0 Å². The third-order valence-electron chi connectivity index (χ3n) is 3.95. The molecular weight excluding hydrogens is 312 g/mol. The van der Waals surface area contributed by atoms with Gasteiger partial charge in [0.05, 0.1) is 13.2 Å². The van der Waals surface area contributed by atoms with Gasteiger partial charge in [-0.25, -0.2) is 4.98 Å². The van der Waals surface area contributed by atoms with E-state index in [9.17, 15) is 0 Å². The Balaban J connectivity index is 1.59. The second-order valence-corrected chi connectivity index (χ2v) is 5.73. The summed E-state index contributed by atoms with van der Waals surface area (Å²) in [7, 11) is 0. The lowest BCUT2D eigenvalue weighted by Crippen LogP contribution is -2.38. The Bertz CT molecular complexity index is 643. The van der Waals surface area contributed by atoms with Gasteiger partial charge >= 0.3 is 0 Å². The van der Waals surface area contributed by atoms with E-state index >= 15 is 0 Å². The number of ether oxygens (including phenoxy) is 2. The first kappa shape index (κ1) is 17.0. The van der Waals surface area contributed by atoms with Gasteiger partial charge in [-0.3, -0.25) is 10.00 Å². The van der Waals surface area contributed by atoms with Gasteiger partial charge in [0.25, 0.3) is 0 Å². The van der Waals surface area contributed by atoms with Gasteiger partial charge in [-0.2, -0.15) is 10.1 Å². The van der Waals surface area contributed by atoms with Crippen LogP contribution in [0.3, 0.4) is 0 Å². The summed E-state index contributed by atoms with van der Waals surface area (Å²) in [5, 5.41) is 11.2. The van der Waals surface area contributed by atoms with E-state index in [0.717, 1.165) is 18.8 Å². The van der Waals surface area contributed by atoms with Crippen LogP contribution in [0.25, 0.3) is 0 Å². The number of nitrogens with one attached hydrogen (secondary N) is 1. The topological polar surface area (TPSA) is 102 Å². The van der Waals surface area contributed by atoms with Gasteiger partial charge in [0.15, 0.2) is 11.6 Å². The summed E-state index contributed by atoms with van der Waals surface area (Å²) in [6, 6.07) is 0. The SMILES string of the molecule is CCO[C@H](C)c1noc(CN2CCO[C@@H](c3n[nH]c(CC)n3)C2)n1. The zero-order valence-corrected chi connectivity index (χ0v) is 14.4. The molecule has 0 amide bonds. The molecule has 2 aromatic rings. The lowest BCUT2D eigenvalue weighted by atomic mass is 10.2. The summed E-state index contributed by atoms with van der Waals surface area (Å²) in [6.45, 7) is 9.21. The number of hydrogen-bond donors (Lipinski definition) is 1. The van der Waals surface area contributed by atoms with Crippen molar-refractivity contribution >= 4 is 0 Å². The fourth-order valence-electron chi connectivity index (χ4n) is 2.63. The van der Waals surface area contributed by atoms with Gasteiger partial charge in [-0.1, -0.05) is 12.1 Å². The minimum atomic E-state index is -0.161. The first-order valence-electron chi connectivity index (χ1n) is 8.38. The normalized spacial score (nSPS) is 20.4. The number of morpholine rings is 1. The highest BCUT2D eigenvalue weighted by molar-refractivity contribution is 4.97. The smallest absolute Gasteiger partial charge is 0.240 e. The molecule has 0 aliphatic carbocycles. The maximum atomic E-state index is 5.79. The molecule has 0 aromatic carbocycles. The predicted octanol–water partition coefficient (Wildman–Crippen LogP) is 1.42. The third kappa shape index (κ3) is 3.97. The summed E-state index contributed by atoms with van der Waals surface area (Å²) in [6.07, 6.45) is 0.525. The van der Waals surface area contributed by atoms with Gasteiger partial charge in [-0.05, 0) is 13.8 Å². The van der Waals surface area contributed by atoms with E-state index in [0.29, 0.717) is 43.8 Å². The van der Waals surface area contributed by atoms with Crippen molar-refractivity contribution in [2.45, 2.75) is 45.9 Å². The highest BCUT2D eigenvalue weighted by Crippen LogP contribution is 2.21. The van der Waals surface area contributed by atoms with Crippen LogP contribution in [-0.2, 0) is 22.4 Å². The van der Waals surface area contributed by atoms with E-state index in [-0.39, 0.29) is 12.2 Å². The standard InChI is InChI=1S/C15H24N6O3/c1-4-12-16-15(19-18-12)11-8-21(6-7-23-11)9-13-17-14(20-24-13)10(3)22-5-2/h10-11H,4-9H2,1-3H3,(H,16,18,19)/t10-,11-/m1/s1. The summed E-state index contributed by atoms with van der Waals surface area (Å²) in [4.78, 5) is 11.1. The molecule has 1 aliphatic rings. The summed E-state index contributed by atoms with van der Waals surface area (Å²) < 4.78 is 16.6. The van der Waals surface area contributed by atoms with Crippen molar-refractivity contribution < 1.29 is 14.0 Å². The Morgan fingerprint density at radius 3 is 3.00 bits per heavy atom. The van der Waals surface area contributed by atoms with Gasteiger partial charge in [-0.15, -0.1) is 0 Å². The molecule has 1 aliphatic heterocycles. The zero-order valence-electron chi connectivity index (χ0n) is 14.4. The van der Waals surface area contributed by atoms with Gasteiger partial charge in [0, 0.05) is 26.1 Å². The highest BCUT2D eigenvalue weighted by Gasteiger charge is 2.26. The van der Waals surface area contributed by atoms with E-state index < -0.39 is 0 Å². The second kappa shape index (κ2) is 7.82. The highest BCUT2D eigenvalue weighted by atomic mass is 16.5. The fraction of sp³-hybridized carbons (Fsp3) is 0.733. The predicted molar refractivity (Wildman–Crippen MR) is 84.1 cm³/mol. The van der Waals surface area contributed by atoms with Crippen LogP contribution in [0.1, 0.15) is 56.3 Å². The van der Waals surface area contributed by atoms with E-state index in [1.165, 1.54) is 0 Å². The van der Waals surface area contributed by atoms with Crippen LogP contribution >= 0.6 is 0 Å². The van der Waals surface area contributed by atoms with E-state index in [1.807, 2.05) is 20.8 Å². The number of aryl methyl sites for hydroxylation is 1. The van der Waals surface area contributed by atoms with E-state index in [4.69, 9.17) is 14.0 Å². The van der Waals surface area contributed by atoms with Crippen LogP contribution in [0, 0.1) is 0 Å². The minimum absolute atomic E-state index is 0.139. The third-order valence-corrected chi connectivity index (χ3v) is 3.95. The maximum Gasteiger partial charge on any atom is 0.240 e. The number of aromatic amines is 1. The molecule has 0 saturated carbocycles. The van der Waals surface area contributed by atoms with Crippen molar-refractivity contribution in [1.29, 1.82) is 0 Å². The first-order valence-corrected chi connectivity index (χ1v) is 8.38. The quantitative estimate of drug-likeness (QED) is 0.810. The number of aromatic nitrogens is 5. The molecule has 3 heterocycles. The first-order chi connectivity index (χ1) is 11.7. The van der Waals surface area contributed by atoms with Gasteiger partial charge in [0.1, 0.15) is 18.0 Å². The number of hydrogen-bond acceptors (Lipinski definition) is 8. The molecule has 1 fully saturated rings. The summed E-state index contributed by atoms with van der Waals surface area (Å²) in [5.74, 6) is 2.74. The van der Waals surface area contributed by atoms with Crippen molar-refractivity contribution in [3.63, 3.8) is 0 Å². The van der Waals surface area contributed by atoms with Crippen LogP contribution < -0.4 is 0 Å². The zero-order chi connectivity index (χ0) is 16.9. The molecule has 0 unspecified atom stereocenters. The fourth-order valence-corrected chi connectivity index (χ4v) is 2.63. The van der Waals surface area contributed by atoms with Crippen LogP contribution in [0.2, 0.25) is 0 Å². The Morgan fingerprint density at radius 2 is 2.25 bits per heavy atom. The molecule has 2 atom stereocenters. The van der Waals surface area contributed by atoms with Crippen molar-refractivity contribution in [3.05, 3.63) is 23.4 Å². The molecule has 9 nitrogen and oxygen atoms in total. The summed E-state index contributed by atoms with van der Waals surface area (Å²) in [5.41, 5.74) is 0. The molecule has 0 radical (unpaired) electrons. The Kier molecular flexibility index (Phi) is 5.54. The molecule has 9 heteroatoms. The van der Waals surface area contributed by atoms with Crippen molar-refractivity contribution in [2.75, 3.05) is 26.3 Å². The number of nitrogens with zero attached hydrogens (tertiary/aromatic N) is 5. The molecule has 1 saturated heterocycles. The maximum absolute atomic E-state index is 5.79. The largest absolute Gasteiger partial charge is 0.371 e. The average Bonchev–Trinajstić information content (AvgIpc) is 3.24. The Labute approximate surface area is 140 Å². The molecule has 0 bridgehead atoms. The number of H-pyrrole nitrogens is 1. The van der Waals surface area contributed by atoms with Crippen molar-refractivity contribution in [1.82, 2.24) is 30.2 Å². The Morgan fingerprint density at radius 1 is 1.38 bits per heavy atom. The monoisotopic (exact) mass is 336 g/mol. The average molecular weight is 336 g/mol. The molecule has 24 heavy (non-hydrogen) atoms. The van der Waals surface area contributed by atoms with E-state index in [1.54, 1.807) is 0 Å². The minimum Gasteiger partial charge on any atom is -0.371 e. The molecule has 1 N–H and O–H groups in total. The van der Waals surface area contributed by atoms with Crippen LogP contribution in [0.5, 0.6) is 0 Å². The molecular formula is C15H24N6O3. The number of rotatable bonds is 7. The molecule has 0 spiro atoms. The lowest BCUT2D eigenvalue weighted by Gasteiger charge is -2.30. The van der Waals surface area contributed by atoms with Crippen LogP contribution in [0.15, 0.2) is 4.52 Å². The Hall–Kier alpha value is -1.84. The molecule has 132 valence electrons. The van der Waals surface area contributed by atoms with Crippen molar-refractivity contribution in [3.8, 4) is 0 Å². The van der Waals surface area contributed by atoms with Gasteiger partial charge in [0.2, 0.25) is 5.89 Å². The molecule has 2 aromatic heterocycles. The van der Waals surface area contributed by atoms with Crippen LogP contribution in [-0.4, -0.2) is 56.5 Å². The van der Waals surface area contributed by atoms with Crippen molar-refractivity contribution in [2.24, 2.45) is 0 Å². The molecule has 3 rings (SSSR count). The lowest BCUT2D eigenvalue weighted by molar-refractivity contribution is -0.0396. The second-order valence-electron chi connectivity index (χ2n) is 5.73. The summed E-state index contributed by atoms with van der Waals surface area (Å²) >= 11 is 0.